The minimum Gasteiger partial charge on any atom is -0.496 e. The van der Waals surface area contributed by atoms with E-state index in [-0.39, 0.29) is 6.61 Å². The summed E-state index contributed by atoms with van der Waals surface area (Å²) >= 11 is 0. The number of ether oxygens (including phenoxy) is 2. The highest BCUT2D eigenvalue weighted by atomic mass is 16.5. The molecule has 5 nitrogen and oxygen atoms in total. The summed E-state index contributed by atoms with van der Waals surface area (Å²) in [6, 6.07) is 26.2. The zero-order chi connectivity index (χ0) is 21.9. The molecule has 0 aliphatic carbocycles. The van der Waals surface area contributed by atoms with Crippen LogP contribution in [0.1, 0.15) is 16.7 Å². The van der Waals surface area contributed by atoms with Gasteiger partial charge in [0.1, 0.15) is 24.2 Å². The van der Waals surface area contributed by atoms with Gasteiger partial charge < -0.3 is 19.9 Å². The lowest BCUT2D eigenvalue weighted by atomic mass is 10.2. The zero-order valence-electron chi connectivity index (χ0n) is 18.3. The van der Waals surface area contributed by atoms with Gasteiger partial charge in [-0.1, -0.05) is 60.7 Å². The topological polar surface area (TPSA) is 54.0 Å². The average Bonchev–Trinajstić information content (AvgIpc) is 2.79. The first kappa shape index (κ1) is 22.8. The molecule has 3 aromatic carbocycles. The summed E-state index contributed by atoms with van der Waals surface area (Å²) in [5, 5.41) is 13.7. The Morgan fingerprint density at radius 1 is 0.871 bits per heavy atom. The van der Waals surface area contributed by atoms with Gasteiger partial charge in [0.25, 0.3) is 0 Å². The molecule has 0 aromatic heterocycles. The van der Waals surface area contributed by atoms with Crippen LogP contribution in [0, 0.1) is 0 Å². The minimum absolute atomic E-state index is 0.268. The Kier molecular flexibility index (Phi) is 8.91. The smallest absolute Gasteiger partial charge is 0.123 e. The number of nitrogens with one attached hydrogen (secondary N) is 1. The van der Waals surface area contributed by atoms with Crippen molar-refractivity contribution in [3.63, 3.8) is 0 Å². The lowest BCUT2D eigenvalue weighted by molar-refractivity contribution is 0.0744. The molecule has 164 valence electrons. The van der Waals surface area contributed by atoms with E-state index in [2.05, 4.69) is 28.4 Å². The van der Waals surface area contributed by atoms with E-state index in [1.165, 1.54) is 11.1 Å². The second kappa shape index (κ2) is 12.1. The van der Waals surface area contributed by atoms with Crippen LogP contribution in [-0.2, 0) is 19.6 Å². The highest BCUT2D eigenvalue weighted by Gasteiger charge is 2.10. The minimum atomic E-state index is -0.545. The molecule has 0 radical (unpaired) electrons. The van der Waals surface area contributed by atoms with Crippen molar-refractivity contribution in [2.24, 2.45) is 0 Å². The van der Waals surface area contributed by atoms with Crippen LogP contribution >= 0.6 is 0 Å². The van der Waals surface area contributed by atoms with Crippen molar-refractivity contribution in [1.82, 2.24) is 10.2 Å². The van der Waals surface area contributed by atoms with Crippen LogP contribution in [0.25, 0.3) is 0 Å². The molecule has 31 heavy (non-hydrogen) atoms. The maximum absolute atomic E-state index is 10.3. The molecule has 0 heterocycles. The summed E-state index contributed by atoms with van der Waals surface area (Å²) in [7, 11) is 3.69. The summed E-state index contributed by atoms with van der Waals surface area (Å²) in [5.74, 6) is 1.66. The van der Waals surface area contributed by atoms with E-state index < -0.39 is 6.10 Å². The second-order valence-electron chi connectivity index (χ2n) is 7.71. The molecular weight excluding hydrogens is 388 g/mol. The fraction of sp³-hybridized carbons (Fsp3) is 0.308. The van der Waals surface area contributed by atoms with Crippen molar-refractivity contribution in [2.45, 2.75) is 25.7 Å². The zero-order valence-corrected chi connectivity index (χ0v) is 18.3. The van der Waals surface area contributed by atoms with E-state index >= 15 is 0 Å². The predicted molar refractivity (Wildman–Crippen MR) is 124 cm³/mol. The van der Waals surface area contributed by atoms with Gasteiger partial charge >= 0.3 is 0 Å². The number of hydrogen-bond donors (Lipinski definition) is 2. The number of nitrogens with zero attached hydrogens (tertiary/aromatic N) is 1. The molecule has 0 saturated heterocycles. The standard InChI is InChI=1S/C26H32N2O3/c1-28(18-22-8-4-3-5-9-22)19-24(29)20-31-25-14-12-21(13-15-25)16-27-17-23-10-6-7-11-26(23)30-2/h3-15,24,27,29H,16-20H2,1-2H3. The monoisotopic (exact) mass is 420 g/mol. The molecule has 1 unspecified atom stereocenters. The Hall–Kier alpha value is -2.86. The van der Waals surface area contributed by atoms with Gasteiger partial charge in [0.2, 0.25) is 0 Å². The van der Waals surface area contributed by atoms with Crippen LogP contribution in [0.5, 0.6) is 11.5 Å². The van der Waals surface area contributed by atoms with E-state index in [1.807, 2.05) is 67.7 Å². The summed E-state index contributed by atoms with van der Waals surface area (Å²) < 4.78 is 11.1. The first-order valence-corrected chi connectivity index (χ1v) is 10.6. The quantitative estimate of drug-likeness (QED) is 0.466. The first-order valence-electron chi connectivity index (χ1n) is 10.6. The third-order valence-electron chi connectivity index (χ3n) is 5.02. The van der Waals surface area contributed by atoms with Gasteiger partial charge in [-0.15, -0.1) is 0 Å². The van der Waals surface area contributed by atoms with Crippen molar-refractivity contribution < 1.29 is 14.6 Å². The third kappa shape index (κ3) is 7.72. The molecule has 3 aromatic rings. The average molecular weight is 421 g/mol. The maximum Gasteiger partial charge on any atom is 0.123 e. The van der Waals surface area contributed by atoms with E-state index in [0.29, 0.717) is 6.54 Å². The number of aliphatic hydroxyl groups is 1. The number of methoxy groups -OCH3 is 1. The molecule has 1 atom stereocenters. The highest BCUT2D eigenvalue weighted by Crippen LogP contribution is 2.17. The van der Waals surface area contributed by atoms with Gasteiger partial charge in [-0.05, 0) is 36.4 Å². The van der Waals surface area contributed by atoms with Crippen LogP contribution in [-0.4, -0.2) is 43.4 Å². The van der Waals surface area contributed by atoms with Crippen LogP contribution in [0.2, 0.25) is 0 Å². The number of hydrogen-bond acceptors (Lipinski definition) is 5. The van der Waals surface area contributed by atoms with E-state index in [9.17, 15) is 5.11 Å². The predicted octanol–water partition coefficient (Wildman–Crippen LogP) is 3.86. The van der Waals surface area contributed by atoms with Crippen molar-refractivity contribution in [2.75, 3.05) is 27.3 Å². The molecule has 0 aliphatic heterocycles. The second-order valence-corrected chi connectivity index (χ2v) is 7.71. The van der Waals surface area contributed by atoms with E-state index in [1.54, 1.807) is 7.11 Å². The molecule has 0 aliphatic rings. The molecule has 5 heteroatoms. The summed E-state index contributed by atoms with van der Waals surface area (Å²) in [4.78, 5) is 2.10. The number of benzene rings is 3. The molecule has 2 N–H and O–H groups in total. The largest absolute Gasteiger partial charge is 0.496 e. The molecule has 0 saturated carbocycles. The lowest BCUT2D eigenvalue weighted by Crippen LogP contribution is -2.32. The van der Waals surface area contributed by atoms with Gasteiger partial charge in [0.05, 0.1) is 7.11 Å². The Morgan fingerprint density at radius 3 is 2.32 bits per heavy atom. The maximum atomic E-state index is 10.3. The fourth-order valence-electron chi connectivity index (χ4n) is 3.46. The van der Waals surface area contributed by atoms with Crippen LogP contribution in [0.15, 0.2) is 78.9 Å². The highest BCUT2D eigenvalue weighted by molar-refractivity contribution is 5.33. The van der Waals surface area contributed by atoms with E-state index in [4.69, 9.17) is 9.47 Å². The summed E-state index contributed by atoms with van der Waals surface area (Å²) in [6.07, 6.45) is -0.545. The number of aliphatic hydroxyl groups excluding tert-OH is 1. The Bertz CT molecular complexity index is 900. The van der Waals surface area contributed by atoms with Gasteiger partial charge in [0.15, 0.2) is 0 Å². The molecule has 0 bridgehead atoms. The van der Waals surface area contributed by atoms with Gasteiger partial charge in [0, 0.05) is 31.7 Å². The fourth-order valence-corrected chi connectivity index (χ4v) is 3.46. The van der Waals surface area contributed by atoms with Gasteiger partial charge in [-0.25, -0.2) is 0 Å². The number of rotatable bonds is 12. The molecule has 0 spiro atoms. The number of likely N-dealkylation sites (N-methyl/N-ethyl adjacent to an activating group) is 1. The lowest BCUT2D eigenvalue weighted by Gasteiger charge is -2.21. The normalized spacial score (nSPS) is 12.0. The molecular formula is C26H32N2O3. The van der Waals surface area contributed by atoms with Crippen molar-refractivity contribution >= 4 is 0 Å². The summed E-state index contributed by atoms with van der Waals surface area (Å²) in [6.45, 7) is 3.12. The van der Waals surface area contributed by atoms with Gasteiger partial charge in [-0.2, -0.15) is 0 Å². The van der Waals surface area contributed by atoms with Gasteiger partial charge in [-0.3, -0.25) is 4.90 Å². The van der Waals surface area contributed by atoms with Crippen molar-refractivity contribution in [3.05, 3.63) is 95.6 Å². The summed E-state index contributed by atoms with van der Waals surface area (Å²) in [5.41, 5.74) is 3.54. The van der Waals surface area contributed by atoms with Crippen LogP contribution in [0.3, 0.4) is 0 Å². The Morgan fingerprint density at radius 2 is 1.58 bits per heavy atom. The Labute approximate surface area is 185 Å². The van der Waals surface area contributed by atoms with Crippen molar-refractivity contribution in [3.8, 4) is 11.5 Å². The van der Waals surface area contributed by atoms with Crippen molar-refractivity contribution in [1.29, 1.82) is 0 Å². The molecule has 0 fully saturated rings. The third-order valence-corrected chi connectivity index (χ3v) is 5.02. The van der Waals surface area contributed by atoms with Crippen LogP contribution < -0.4 is 14.8 Å². The van der Waals surface area contributed by atoms with E-state index in [0.717, 1.165) is 36.7 Å². The number of para-hydroxylation sites is 1. The molecule has 3 rings (SSSR count). The molecule has 0 amide bonds. The first-order chi connectivity index (χ1) is 15.1. The van der Waals surface area contributed by atoms with Crippen LogP contribution in [0.4, 0.5) is 0 Å². The SMILES string of the molecule is COc1ccccc1CNCc1ccc(OCC(O)CN(C)Cc2ccccc2)cc1. The Balaban J connectivity index is 1.37.